The predicted octanol–water partition coefficient (Wildman–Crippen LogP) is 2.59. The maximum atomic E-state index is 11.5. The van der Waals surface area contributed by atoms with Crippen molar-refractivity contribution < 1.29 is 9.53 Å². The fourth-order valence-electron chi connectivity index (χ4n) is 2.12. The fraction of sp³-hybridized carbons (Fsp3) is 0.923. The largest absolute Gasteiger partial charge is 0.459 e. The van der Waals surface area contributed by atoms with Gasteiger partial charge in [-0.2, -0.15) is 11.8 Å². The highest BCUT2D eigenvalue weighted by Crippen LogP contribution is 2.29. The molecule has 2 atom stereocenters. The zero-order valence-corrected chi connectivity index (χ0v) is 12.2. The second-order valence-electron chi connectivity index (χ2n) is 5.55. The summed E-state index contributed by atoms with van der Waals surface area (Å²) in [5, 5.41) is 4.08. The van der Waals surface area contributed by atoms with Crippen LogP contribution in [0.5, 0.6) is 0 Å². The molecule has 17 heavy (non-hydrogen) atoms. The van der Waals surface area contributed by atoms with Crippen molar-refractivity contribution in [3.8, 4) is 0 Å². The van der Waals surface area contributed by atoms with Gasteiger partial charge in [0.15, 0.2) is 0 Å². The summed E-state index contributed by atoms with van der Waals surface area (Å²) < 4.78 is 5.27. The molecular weight excluding hydrogens is 234 g/mol. The van der Waals surface area contributed by atoms with Gasteiger partial charge in [-0.1, -0.05) is 6.92 Å². The Morgan fingerprint density at radius 3 is 2.71 bits per heavy atom. The van der Waals surface area contributed by atoms with Crippen molar-refractivity contribution in [2.45, 2.75) is 63.9 Å². The highest BCUT2D eigenvalue weighted by Gasteiger charge is 2.25. The van der Waals surface area contributed by atoms with Gasteiger partial charge in [-0.25, -0.2) is 0 Å². The monoisotopic (exact) mass is 259 g/mol. The van der Waals surface area contributed by atoms with E-state index in [2.05, 4.69) is 12.2 Å². The summed E-state index contributed by atoms with van der Waals surface area (Å²) in [4.78, 5) is 11.5. The van der Waals surface area contributed by atoms with Gasteiger partial charge in [0.05, 0.1) is 6.54 Å². The Balaban J connectivity index is 2.17. The van der Waals surface area contributed by atoms with Crippen molar-refractivity contribution >= 4 is 17.7 Å². The number of hydrogen-bond acceptors (Lipinski definition) is 4. The van der Waals surface area contributed by atoms with E-state index in [1.807, 2.05) is 32.5 Å². The molecule has 1 aliphatic rings. The van der Waals surface area contributed by atoms with E-state index in [0.29, 0.717) is 12.6 Å². The number of carbonyl (C=O) groups is 1. The smallest absolute Gasteiger partial charge is 0.320 e. The van der Waals surface area contributed by atoms with Crippen LogP contribution in [-0.2, 0) is 9.53 Å². The van der Waals surface area contributed by atoms with Crippen molar-refractivity contribution in [3.63, 3.8) is 0 Å². The lowest BCUT2D eigenvalue weighted by atomic mass is 10.2. The van der Waals surface area contributed by atoms with Crippen LogP contribution < -0.4 is 5.32 Å². The van der Waals surface area contributed by atoms with Crippen LogP contribution in [0.1, 0.15) is 47.0 Å². The summed E-state index contributed by atoms with van der Waals surface area (Å²) in [6, 6.07) is 0.492. The van der Waals surface area contributed by atoms with Gasteiger partial charge in [-0.3, -0.25) is 4.79 Å². The molecule has 0 aliphatic heterocycles. The van der Waals surface area contributed by atoms with E-state index in [1.165, 1.54) is 25.0 Å². The number of rotatable bonds is 5. The third kappa shape index (κ3) is 6.32. The van der Waals surface area contributed by atoms with E-state index in [0.717, 1.165) is 5.25 Å². The number of thioether (sulfide) groups is 1. The van der Waals surface area contributed by atoms with Crippen molar-refractivity contribution in [2.24, 2.45) is 0 Å². The Morgan fingerprint density at radius 1 is 1.41 bits per heavy atom. The van der Waals surface area contributed by atoms with Crippen molar-refractivity contribution in [1.29, 1.82) is 0 Å². The molecule has 3 nitrogen and oxygen atoms in total. The Bertz CT molecular complexity index is 250. The average molecular weight is 259 g/mol. The quantitative estimate of drug-likeness (QED) is 0.770. The molecule has 0 bridgehead atoms. The van der Waals surface area contributed by atoms with Crippen molar-refractivity contribution in [1.82, 2.24) is 5.32 Å². The van der Waals surface area contributed by atoms with Gasteiger partial charge in [0.1, 0.15) is 5.60 Å². The normalized spacial score (nSPS) is 24.9. The second-order valence-corrected chi connectivity index (χ2v) is 7.13. The van der Waals surface area contributed by atoms with E-state index < -0.39 is 0 Å². The molecule has 0 aromatic rings. The Hall–Kier alpha value is -0.220. The summed E-state index contributed by atoms with van der Waals surface area (Å²) in [6.07, 6.45) is 3.63. The molecule has 0 heterocycles. The summed E-state index contributed by atoms with van der Waals surface area (Å²) >= 11 is 2.03. The van der Waals surface area contributed by atoms with Gasteiger partial charge in [-0.15, -0.1) is 0 Å². The summed E-state index contributed by atoms with van der Waals surface area (Å²) in [6.45, 7) is 8.23. The molecule has 2 unspecified atom stereocenters. The van der Waals surface area contributed by atoms with Crippen molar-refractivity contribution in [3.05, 3.63) is 0 Å². The molecule has 0 aromatic carbocycles. The van der Waals surface area contributed by atoms with E-state index in [9.17, 15) is 4.79 Å². The highest BCUT2D eigenvalue weighted by molar-refractivity contribution is 7.99. The van der Waals surface area contributed by atoms with Gasteiger partial charge in [0, 0.05) is 11.3 Å². The first-order chi connectivity index (χ1) is 7.90. The maximum absolute atomic E-state index is 11.5. The van der Waals surface area contributed by atoms with Gasteiger partial charge >= 0.3 is 5.97 Å². The molecule has 1 saturated carbocycles. The zero-order valence-electron chi connectivity index (χ0n) is 11.4. The summed E-state index contributed by atoms with van der Waals surface area (Å²) in [5.74, 6) is 1.03. The van der Waals surface area contributed by atoms with Gasteiger partial charge in [-0.05, 0) is 45.8 Å². The molecule has 0 saturated heterocycles. The van der Waals surface area contributed by atoms with Gasteiger partial charge in [0.25, 0.3) is 0 Å². The summed E-state index contributed by atoms with van der Waals surface area (Å²) in [5.41, 5.74) is -0.380. The van der Waals surface area contributed by atoms with Crippen LogP contribution in [0.15, 0.2) is 0 Å². The molecule has 0 amide bonds. The number of ether oxygens (including phenoxy) is 1. The number of nitrogens with one attached hydrogen (secondary N) is 1. The molecule has 1 fully saturated rings. The minimum absolute atomic E-state index is 0.149. The first kappa shape index (κ1) is 14.8. The molecular formula is C13H25NO2S. The highest BCUT2D eigenvalue weighted by atomic mass is 32.2. The van der Waals surface area contributed by atoms with E-state index in [1.54, 1.807) is 0 Å². The molecule has 0 spiro atoms. The van der Waals surface area contributed by atoms with Gasteiger partial charge in [0.2, 0.25) is 0 Å². The lowest BCUT2D eigenvalue weighted by Crippen LogP contribution is -2.36. The number of hydrogen-bond donors (Lipinski definition) is 1. The number of esters is 1. The SMILES string of the molecule is CCSC1CCC(NCC(=O)OC(C)(C)C)C1. The lowest BCUT2D eigenvalue weighted by Gasteiger charge is -2.20. The Kier molecular flexibility index (Phi) is 5.80. The van der Waals surface area contributed by atoms with Crippen molar-refractivity contribution in [2.75, 3.05) is 12.3 Å². The van der Waals surface area contributed by atoms with Crippen LogP contribution in [0.3, 0.4) is 0 Å². The molecule has 1 aliphatic carbocycles. The third-order valence-corrected chi connectivity index (χ3v) is 3.97. The van der Waals surface area contributed by atoms with Crippen LogP contribution in [-0.4, -0.2) is 35.2 Å². The Morgan fingerprint density at radius 2 is 2.12 bits per heavy atom. The van der Waals surface area contributed by atoms with Crippen LogP contribution in [0.4, 0.5) is 0 Å². The molecule has 0 aromatic heterocycles. The molecule has 4 heteroatoms. The molecule has 0 radical (unpaired) electrons. The topological polar surface area (TPSA) is 38.3 Å². The van der Waals surface area contributed by atoms with E-state index >= 15 is 0 Å². The first-order valence-electron chi connectivity index (χ1n) is 6.47. The van der Waals surface area contributed by atoms with E-state index in [-0.39, 0.29) is 11.6 Å². The van der Waals surface area contributed by atoms with Gasteiger partial charge < -0.3 is 10.1 Å². The minimum Gasteiger partial charge on any atom is -0.459 e. The lowest BCUT2D eigenvalue weighted by molar-refractivity contribution is -0.153. The summed E-state index contributed by atoms with van der Waals surface area (Å²) in [7, 11) is 0. The van der Waals surface area contributed by atoms with Crippen LogP contribution in [0, 0.1) is 0 Å². The van der Waals surface area contributed by atoms with E-state index in [4.69, 9.17) is 4.74 Å². The first-order valence-corrected chi connectivity index (χ1v) is 7.52. The average Bonchev–Trinajstić information content (AvgIpc) is 2.61. The Labute approximate surface area is 109 Å². The predicted molar refractivity (Wildman–Crippen MR) is 73.4 cm³/mol. The van der Waals surface area contributed by atoms with Crippen LogP contribution in [0.25, 0.3) is 0 Å². The number of carbonyl (C=O) groups excluding carboxylic acids is 1. The standard InChI is InChI=1S/C13H25NO2S/c1-5-17-11-7-6-10(8-11)14-9-12(15)16-13(2,3)4/h10-11,14H,5-9H2,1-4H3. The fourth-order valence-corrected chi connectivity index (χ4v) is 3.26. The minimum atomic E-state index is -0.380. The third-order valence-electron chi connectivity index (χ3n) is 2.74. The molecule has 100 valence electrons. The maximum Gasteiger partial charge on any atom is 0.320 e. The second kappa shape index (κ2) is 6.64. The van der Waals surface area contributed by atoms with Crippen LogP contribution in [0.2, 0.25) is 0 Å². The zero-order chi connectivity index (χ0) is 12.9. The molecule has 1 rings (SSSR count). The molecule has 1 N–H and O–H groups in total. The van der Waals surface area contributed by atoms with Crippen LogP contribution >= 0.6 is 11.8 Å².